The minimum Gasteiger partial charge on any atom is -0.399 e. The summed E-state index contributed by atoms with van der Waals surface area (Å²) in [7, 11) is 0. The van der Waals surface area contributed by atoms with Gasteiger partial charge in [0, 0.05) is 40.5 Å². The second-order valence-electron chi connectivity index (χ2n) is 5.54. The van der Waals surface area contributed by atoms with Crippen molar-refractivity contribution in [3.05, 3.63) is 23.8 Å². The van der Waals surface area contributed by atoms with Crippen molar-refractivity contribution in [3.8, 4) is 0 Å². The first kappa shape index (κ1) is 14.1. The highest BCUT2D eigenvalue weighted by molar-refractivity contribution is 8.00. The van der Waals surface area contributed by atoms with Gasteiger partial charge in [0.15, 0.2) is 0 Å². The van der Waals surface area contributed by atoms with Gasteiger partial charge in [0.05, 0.1) is 0 Å². The molecule has 4 N–H and O–H groups in total. The van der Waals surface area contributed by atoms with Crippen LogP contribution in [0.5, 0.6) is 0 Å². The average molecular weight is 279 g/mol. The van der Waals surface area contributed by atoms with Crippen molar-refractivity contribution < 1.29 is 4.79 Å². The van der Waals surface area contributed by atoms with Gasteiger partial charge >= 0.3 is 0 Å². The van der Waals surface area contributed by atoms with E-state index in [0.717, 1.165) is 25.3 Å². The normalized spacial score (nSPS) is 18.9. The minimum absolute atomic E-state index is 0.0253. The number of thioether (sulfide) groups is 1. The van der Waals surface area contributed by atoms with E-state index in [0.29, 0.717) is 16.9 Å². The molecule has 0 radical (unpaired) electrons. The summed E-state index contributed by atoms with van der Waals surface area (Å²) in [5, 5.41) is 0. The van der Waals surface area contributed by atoms with Gasteiger partial charge in [-0.25, -0.2) is 0 Å². The Labute approximate surface area is 118 Å². The highest BCUT2D eigenvalue weighted by Crippen LogP contribution is 2.31. The highest BCUT2D eigenvalue weighted by atomic mass is 32.2. The molecule has 4 nitrogen and oxygen atoms in total. The van der Waals surface area contributed by atoms with E-state index in [1.54, 1.807) is 18.2 Å². The van der Waals surface area contributed by atoms with Crippen LogP contribution in [-0.2, 0) is 0 Å². The van der Waals surface area contributed by atoms with Gasteiger partial charge in [0.25, 0.3) is 5.91 Å². The lowest BCUT2D eigenvalue weighted by Crippen LogP contribution is -2.33. The number of carbonyl (C=O) groups is 1. The van der Waals surface area contributed by atoms with Crippen molar-refractivity contribution >= 4 is 29.0 Å². The van der Waals surface area contributed by atoms with E-state index in [1.807, 2.05) is 16.7 Å². The van der Waals surface area contributed by atoms with E-state index >= 15 is 0 Å². The molecule has 1 aliphatic rings. The monoisotopic (exact) mass is 279 g/mol. The molecule has 1 fully saturated rings. The largest absolute Gasteiger partial charge is 0.399 e. The maximum absolute atomic E-state index is 12.5. The van der Waals surface area contributed by atoms with Crippen LogP contribution in [0.25, 0.3) is 0 Å². The lowest BCUT2D eigenvalue weighted by Gasteiger charge is -2.23. The predicted octanol–water partition coefficient (Wildman–Crippen LogP) is 2.21. The number of benzene rings is 1. The second kappa shape index (κ2) is 5.33. The van der Waals surface area contributed by atoms with Gasteiger partial charge in [-0.3, -0.25) is 4.79 Å². The molecule has 1 saturated heterocycles. The number of nitrogens with zero attached hydrogens (tertiary/aromatic N) is 1. The van der Waals surface area contributed by atoms with E-state index < -0.39 is 0 Å². The van der Waals surface area contributed by atoms with Crippen LogP contribution in [0, 0.1) is 0 Å². The molecule has 0 atom stereocenters. The van der Waals surface area contributed by atoms with E-state index in [4.69, 9.17) is 11.5 Å². The summed E-state index contributed by atoms with van der Waals surface area (Å²) in [6, 6.07) is 5.06. The van der Waals surface area contributed by atoms with Crippen molar-refractivity contribution in [1.29, 1.82) is 0 Å². The summed E-state index contributed by atoms with van der Waals surface area (Å²) in [6.07, 6.45) is 1.00. The molecule has 0 aromatic heterocycles. The van der Waals surface area contributed by atoms with Crippen molar-refractivity contribution in [3.63, 3.8) is 0 Å². The summed E-state index contributed by atoms with van der Waals surface area (Å²) in [5.74, 6) is 0.994. The van der Waals surface area contributed by atoms with Gasteiger partial charge in [-0.15, -0.1) is 0 Å². The molecule has 0 aliphatic carbocycles. The Morgan fingerprint density at radius 3 is 2.47 bits per heavy atom. The van der Waals surface area contributed by atoms with E-state index in [-0.39, 0.29) is 10.7 Å². The summed E-state index contributed by atoms with van der Waals surface area (Å²) < 4.78 is 0.240. The van der Waals surface area contributed by atoms with Crippen LogP contribution in [0.15, 0.2) is 18.2 Å². The molecule has 0 bridgehead atoms. The fraction of sp³-hybridized carbons (Fsp3) is 0.500. The third-order valence-corrected chi connectivity index (χ3v) is 4.72. The lowest BCUT2D eigenvalue weighted by molar-refractivity contribution is 0.0764. The second-order valence-corrected chi connectivity index (χ2v) is 7.34. The molecule has 1 aromatic carbocycles. The van der Waals surface area contributed by atoms with Gasteiger partial charge < -0.3 is 16.4 Å². The molecular formula is C14H21N3OS. The van der Waals surface area contributed by atoms with Gasteiger partial charge in [-0.2, -0.15) is 11.8 Å². The van der Waals surface area contributed by atoms with E-state index in [2.05, 4.69) is 13.8 Å². The third-order valence-electron chi connectivity index (χ3n) is 3.35. The smallest absolute Gasteiger partial charge is 0.254 e. The fourth-order valence-corrected chi connectivity index (χ4v) is 3.31. The SMILES string of the molecule is CC1(C)CCN(C(=O)c2cc(N)cc(N)c2)CCS1. The Morgan fingerprint density at radius 1 is 1.21 bits per heavy atom. The van der Waals surface area contributed by atoms with E-state index in [1.165, 1.54) is 0 Å². The summed E-state index contributed by atoms with van der Waals surface area (Å²) in [5.41, 5.74) is 13.1. The molecule has 0 unspecified atom stereocenters. The number of carbonyl (C=O) groups excluding carboxylic acids is 1. The number of hydrogen-bond acceptors (Lipinski definition) is 4. The first-order chi connectivity index (χ1) is 8.87. The number of nitrogens with two attached hydrogens (primary N) is 2. The zero-order valence-electron chi connectivity index (χ0n) is 11.5. The lowest BCUT2D eigenvalue weighted by atomic mass is 10.1. The molecule has 0 saturated carbocycles. The van der Waals surface area contributed by atoms with Gasteiger partial charge in [-0.05, 0) is 24.6 Å². The van der Waals surface area contributed by atoms with Crippen LogP contribution >= 0.6 is 11.8 Å². The number of nitrogen functional groups attached to an aromatic ring is 2. The molecule has 1 amide bonds. The zero-order chi connectivity index (χ0) is 14.0. The fourth-order valence-electron chi connectivity index (χ4n) is 2.21. The van der Waals surface area contributed by atoms with Gasteiger partial charge in [-0.1, -0.05) is 13.8 Å². The summed E-state index contributed by atoms with van der Waals surface area (Å²) in [6.45, 7) is 6.02. The Balaban J connectivity index is 2.15. The maximum Gasteiger partial charge on any atom is 0.254 e. The molecule has 1 heterocycles. The molecule has 2 rings (SSSR count). The van der Waals surface area contributed by atoms with Crippen LogP contribution in [0.2, 0.25) is 0 Å². The molecule has 5 heteroatoms. The standard InChI is InChI=1S/C14H21N3OS/c1-14(2)3-4-17(5-6-19-14)13(18)10-7-11(15)9-12(16)8-10/h7-9H,3-6,15-16H2,1-2H3. The van der Waals surface area contributed by atoms with Crippen LogP contribution in [0.3, 0.4) is 0 Å². The zero-order valence-corrected chi connectivity index (χ0v) is 12.3. The van der Waals surface area contributed by atoms with Crippen molar-refractivity contribution in [1.82, 2.24) is 4.90 Å². The topological polar surface area (TPSA) is 72.3 Å². The number of hydrogen-bond donors (Lipinski definition) is 2. The quantitative estimate of drug-likeness (QED) is 0.773. The molecule has 1 aromatic rings. The van der Waals surface area contributed by atoms with Crippen molar-refractivity contribution in [2.24, 2.45) is 0 Å². The third kappa shape index (κ3) is 3.56. The number of anilines is 2. The van der Waals surface area contributed by atoms with Crippen LogP contribution < -0.4 is 11.5 Å². The van der Waals surface area contributed by atoms with Crippen molar-refractivity contribution in [2.75, 3.05) is 30.3 Å². The maximum atomic E-state index is 12.5. The molecular weight excluding hydrogens is 258 g/mol. The average Bonchev–Trinajstić information content (AvgIpc) is 2.48. The Bertz CT molecular complexity index is 467. The Hall–Kier alpha value is -1.36. The first-order valence-corrected chi connectivity index (χ1v) is 7.45. The predicted molar refractivity (Wildman–Crippen MR) is 82.3 cm³/mol. The Kier molecular flexibility index (Phi) is 3.94. The minimum atomic E-state index is 0.0253. The van der Waals surface area contributed by atoms with Crippen LogP contribution in [0.1, 0.15) is 30.6 Å². The first-order valence-electron chi connectivity index (χ1n) is 6.47. The highest BCUT2D eigenvalue weighted by Gasteiger charge is 2.26. The molecule has 104 valence electrons. The summed E-state index contributed by atoms with van der Waals surface area (Å²) in [4.78, 5) is 14.4. The van der Waals surface area contributed by atoms with Crippen molar-refractivity contribution in [2.45, 2.75) is 25.0 Å². The van der Waals surface area contributed by atoms with E-state index in [9.17, 15) is 4.79 Å². The summed E-state index contributed by atoms with van der Waals surface area (Å²) >= 11 is 1.92. The molecule has 19 heavy (non-hydrogen) atoms. The number of rotatable bonds is 1. The van der Waals surface area contributed by atoms with Gasteiger partial charge in [0.1, 0.15) is 0 Å². The molecule has 1 aliphatic heterocycles. The number of amides is 1. The van der Waals surface area contributed by atoms with Gasteiger partial charge in [0.2, 0.25) is 0 Å². The van der Waals surface area contributed by atoms with Crippen LogP contribution in [0.4, 0.5) is 11.4 Å². The van der Waals surface area contributed by atoms with Crippen LogP contribution in [-0.4, -0.2) is 34.4 Å². The Morgan fingerprint density at radius 2 is 1.84 bits per heavy atom. The molecule has 0 spiro atoms.